The van der Waals surface area contributed by atoms with E-state index < -0.39 is 0 Å². The molecular weight excluding hydrogens is 403 g/mol. The minimum Gasteiger partial charge on any atom is -0.497 e. The van der Waals surface area contributed by atoms with E-state index in [0.717, 1.165) is 5.56 Å². The predicted octanol–water partition coefficient (Wildman–Crippen LogP) is 2.66. The molecule has 2 amide bonds. The summed E-state index contributed by atoms with van der Waals surface area (Å²) in [6.07, 6.45) is 0.274. The van der Waals surface area contributed by atoms with Gasteiger partial charge in [0.15, 0.2) is 5.82 Å². The normalized spacial score (nSPS) is 15.9. The van der Waals surface area contributed by atoms with Crippen molar-refractivity contribution in [3.05, 3.63) is 77.2 Å². The molecule has 2 heterocycles. The molecule has 0 saturated carbocycles. The first-order valence-corrected chi connectivity index (χ1v) is 9.79. The molecular formula is C22H21FN4O4. The average molecular weight is 424 g/mol. The lowest BCUT2D eigenvalue weighted by atomic mass is 10.1. The second kappa shape index (κ2) is 8.95. The Morgan fingerprint density at radius 2 is 2.10 bits per heavy atom. The third-order valence-corrected chi connectivity index (χ3v) is 5.08. The molecule has 4 rings (SSSR count). The molecule has 0 radical (unpaired) electrons. The fourth-order valence-corrected chi connectivity index (χ4v) is 3.44. The lowest BCUT2D eigenvalue weighted by molar-refractivity contribution is -0.128. The highest BCUT2D eigenvalue weighted by molar-refractivity contribution is 5.94. The maximum Gasteiger partial charge on any atom is 0.251 e. The molecule has 8 nitrogen and oxygen atoms in total. The van der Waals surface area contributed by atoms with Crippen molar-refractivity contribution in [3.8, 4) is 5.75 Å². The number of benzene rings is 2. The van der Waals surface area contributed by atoms with Crippen LogP contribution in [0.4, 0.5) is 4.39 Å². The van der Waals surface area contributed by atoms with Crippen LogP contribution in [0.5, 0.6) is 5.75 Å². The Bertz CT molecular complexity index is 1080. The van der Waals surface area contributed by atoms with Gasteiger partial charge in [-0.2, -0.15) is 4.98 Å². The summed E-state index contributed by atoms with van der Waals surface area (Å²) in [7, 11) is 1.53. The molecule has 1 unspecified atom stereocenters. The molecule has 1 saturated heterocycles. The van der Waals surface area contributed by atoms with Crippen molar-refractivity contribution in [3.63, 3.8) is 0 Å². The molecule has 1 aromatic heterocycles. The number of nitrogens with one attached hydrogen (secondary N) is 1. The van der Waals surface area contributed by atoms with Crippen molar-refractivity contribution in [2.45, 2.75) is 25.4 Å². The highest BCUT2D eigenvalue weighted by Crippen LogP contribution is 2.27. The third kappa shape index (κ3) is 4.88. The number of hydrogen-bond acceptors (Lipinski definition) is 6. The van der Waals surface area contributed by atoms with Gasteiger partial charge in [-0.1, -0.05) is 23.4 Å². The first kappa shape index (κ1) is 20.5. The SMILES string of the molecule is COc1cccc(C(=O)NCc2nc(C3CC(=O)N(Cc4ccc(F)cc4)C3)no2)c1. The van der Waals surface area contributed by atoms with E-state index in [2.05, 4.69) is 15.5 Å². The van der Waals surface area contributed by atoms with Gasteiger partial charge in [-0.25, -0.2) is 4.39 Å². The molecule has 0 bridgehead atoms. The fraction of sp³-hybridized carbons (Fsp3) is 0.273. The minimum absolute atomic E-state index is 0.0213. The number of carbonyl (C=O) groups excluding carboxylic acids is 2. The number of carbonyl (C=O) groups is 2. The van der Waals surface area contributed by atoms with Crippen molar-refractivity contribution in [2.24, 2.45) is 0 Å². The maximum absolute atomic E-state index is 13.1. The summed E-state index contributed by atoms with van der Waals surface area (Å²) in [5, 5.41) is 6.70. The summed E-state index contributed by atoms with van der Waals surface area (Å²) in [6.45, 7) is 0.922. The molecule has 1 atom stereocenters. The molecule has 31 heavy (non-hydrogen) atoms. The quantitative estimate of drug-likeness (QED) is 0.626. The molecule has 1 fully saturated rings. The van der Waals surface area contributed by atoms with Crippen LogP contribution in [0.1, 0.15) is 40.0 Å². The van der Waals surface area contributed by atoms with Crippen LogP contribution in [0.25, 0.3) is 0 Å². The largest absolute Gasteiger partial charge is 0.497 e. The number of likely N-dealkylation sites (tertiary alicyclic amines) is 1. The lowest BCUT2D eigenvalue weighted by Gasteiger charge is -2.16. The van der Waals surface area contributed by atoms with E-state index >= 15 is 0 Å². The molecule has 1 aliphatic heterocycles. The van der Waals surface area contributed by atoms with Gasteiger partial charge in [0.05, 0.1) is 13.7 Å². The zero-order valence-electron chi connectivity index (χ0n) is 16.9. The van der Waals surface area contributed by atoms with Crippen LogP contribution in [0.3, 0.4) is 0 Å². The van der Waals surface area contributed by atoms with E-state index in [1.165, 1.54) is 19.2 Å². The van der Waals surface area contributed by atoms with Crippen LogP contribution in [0, 0.1) is 5.82 Å². The number of halogens is 1. The molecule has 3 aromatic rings. The van der Waals surface area contributed by atoms with Crippen LogP contribution >= 0.6 is 0 Å². The van der Waals surface area contributed by atoms with Gasteiger partial charge in [0.1, 0.15) is 11.6 Å². The van der Waals surface area contributed by atoms with Crippen molar-refractivity contribution in [1.29, 1.82) is 0 Å². The zero-order valence-corrected chi connectivity index (χ0v) is 16.9. The molecule has 0 spiro atoms. The van der Waals surface area contributed by atoms with E-state index in [0.29, 0.717) is 30.2 Å². The smallest absolute Gasteiger partial charge is 0.251 e. The van der Waals surface area contributed by atoms with Gasteiger partial charge in [-0.3, -0.25) is 9.59 Å². The van der Waals surface area contributed by atoms with Gasteiger partial charge < -0.3 is 19.5 Å². The molecule has 160 valence electrons. The van der Waals surface area contributed by atoms with Gasteiger partial charge in [0.2, 0.25) is 11.8 Å². The van der Waals surface area contributed by atoms with E-state index in [4.69, 9.17) is 9.26 Å². The Kier molecular flexibility index (Phi) is 5.92. The summed E-state index contributed by atoms with van der Waals surface area (Å²) in [6, 6.07) is 12.9. The minimum atomic E-state index is -0.313. The number of ether oxygens (including phenoxy) is 1. The number of amides is 2. The van der Waals surface area contributed by atoms with Crippen LogP contribution in [0.2, 0.25) is 0 Å². The highest BCUT2D eigenvalue weighted by Gasteiger charge is 2.33. The Morgan fingerprint density at radius 1 is 1.29 bits per heavy atom. The first-order valence-electron chi connectivity index (χ1n) is 9.79. The van der Waals surface area contributed by atoms with Crippen LogP contribution in [-0.2, 0) is 17.9 Å². The second-order valence-electron chi connectivity index (χ2n) is 7.26. The Balaban J connectivity index is 1.33. The molecule has 1 N–H and O–H groups in total. The predicted molar refractivity (Wildman–Crippen MR) is 108 cm³/mol. The van der Waals surface area contributed by atoms with E-state index in [1.54, 1.807) is 41.3 Å². The second-order valence-corrected chi connectivity index (χ2v) is 7.26. The van der Waals surface area contributed by atoms with Gasteiger partial charge in [-0.05, 0) is 35.9 Å². The zero-order chi connectivity index (χ0) is 21.8. The summed E-state index contributed by atoms with van der Waals surface area (Å²) in [4.78, 5) is 30.7. The summed E-state index contributed by atoms with van der Waals surface area (Å²) in [5.41, 5.74) is 1.31. The number of nitrogens with zero attached hydrogens (tertiary/aromatic N) is 3. The Hall–Kier alpha value is -3.75. The topological polar surface area (TPSA) is 97.6 Å². The molecule has 0 aliphatic carbocycles. The van der Waals surface area contributed by atoms with Gasteiger partial charge in [0, 0.05) is 31.0 Å². The average Bonchev–Trinajstić information content (AvgIpc) is 3.40. The monoisotopic (exact) mass is 424 g/mol. The van der Waals surface area contributed by atoms with E-state index in [-0.39, 0.29) is 42.4 Å². The number of aromatic nitrogens is 2. The van der Waals surface area contributed by atoms with Crippen molar-refractivity contribution < 1.29 is 23.2 Å². The number of rotatable bonds is 7. The number of methoxy groups -OCH3 is 1. The maximum atomic E-state index is 13.1. The van der Waals surface area contributed by atoms with E-state index in [9.17, 15) is 14.0 Å². The van der Waals surface area contributed by atoms with Gasteiger partial charge >= 0.3 is 0 Å². The lowest BCUT2D eigenvalue weighted by Crippen LogP contribution is -2.24. The van der Waals surface area contributed by atoms with Crippen molar-refractivity contribution >= 4 is 11.8 Å². The summed E-state index contributed by atoms with van der Waals surface area (Å²) in [5.74, 6) is 0.457. The van der Waals surface area contributed by atoms with Crippen LogP contribution in [-0.4, -0.2) is 40.5 Å². The molecule has 1 aliphatic rings. The molecule has 2 aromatic carbocycles. The first-order chi connectivity index (χ1) is 15.0. The van der Waals surface area contributed by atoms with E-state index in [1.807, 2.05) is 0 Å². The summed E-state index contributed by atoms with van der Waals surface area (Å²) < 4.78 is 23.4. The third-order valence-electron chi connectivity index (χ3n) is 5.08. The Morgan fingerprint density at radius 3 is 2.87 bits per heavy atom. The Labute approximate surface area is 178 Å². The van der Waals surface area contributed by atoms with Crippen molar-refractivity contribution in [1.82, 2.24) is 20.4 Å². The summed E-state index contributed by atoms with van der Waals surface area (Å²) >= 11 is 0. The van der Waals surface area contributed by atoms with Crippen LogP contribution < -0.4 is 10.1 Å². The van der Waals surface area contributed by atoms with Gasteiger partial charge in [0.25, 0.3) is 5.91 Å². The number of hydrogen-bond donors (Lipinski definition) is 1. The van der Waals surface area contributed by atoms with Crippen LogP contribution in [0.15, 0.2) is 53.1 Å². The highest BCUT2D eigenvalue weighted by atomic mass is 19.1. The van der Waals surface area contributed by atoms with Gasteiger partial charge in [-0.15, -0.1) is 0 Å². The standard InChI is InChI=1S/C22H21FN4O4/c1-30-18-4-2-3-15(9-18)22(29)24-11-19-25-21(26-31-19)16-10-20(28)27(13-16)12-14-5-7-17(23)8-6-14/h2-9,16H,10-13H2,1H3,(H,24,29). The van der Waals surface area contributed by atoms with Crippen molar-refractivity contribution in [2.75, 3.05) is 13.7 Å². The molecule has 9 heteroatoms. The fourth-order valence-electron chi connectivity index (χ4n) is 3.44.